The number of nitrogens with one attached hydrogen (secondary N) is 1. The molecule has 0 saturated carbocycles. The van der Waals surface area contributed by atoms with Crippen LogP contribution in [0.25, 0.3) is 0 Å². The zero-order valence-corrected chi connectivity index (χ0v) is 16.9. The van der Waals surface area contributed by atoms with Crippen LogP contribution in [0.4, 0.5) is 10.8 Å². The number of rotatable bonds is 10. The van der Waals surface area contributed by atoms with E-state index in [4.69, 9.17) is 14.2 Å². The number of hydrogen-bond acceptors (Lipinski definition) is 9. The fraction of sp³-hybridized carbons (Fsp3) is 0.471. The first-order valence-corrected chi connectivity index (χ1v) is 9.39. The van der Waals surface area contributed by atoms with E-state index in [0.29, 0.717) is 0 Å². The second-order valence-electron chi connectivity index (χ2n) is 5.71. The van der Waals surface area contributed by atoms with Crippen LogP contribution in [0.5, 0.6) is 17.2 Å². The minimum atomic E-state index is -0.720. The summed E-state index contributed by atoms with van der Waals surface area (Å²) in [5, 5.41) is 23.2. The Kier molecular flexibility index (Phi) is 7.50. The third-order valence-corrected chi connectivity index (χ3v) is 4.81. The van der Waals surface area contributed by atoms with Gasteiger partial charge in [-0.1, -0.05) is 31.1 Å². The number of benzene rings is 1. The molecule has 152 valence electrons. The van der Waals surface area contributed by atoms with Gasteiger partial charge in [-0.15, -0.1) is 10.2 Å². The molecule has 28 heavy (non-hydrogen) atoms. The standard InChI is InChI=1S/C17H22N4O6S/c1-5-6-7-8-12-19-20-17(28-12)18-16(22)10-9-11(25-2)14(26-3)15(27-4)13(10)21(23)24/h9H,5-8H2,1-4H3,(H,18,20,22). The zero-order valence-electron chi connectivity index (χ0n) is 16.1. The average Bonchev–Trinajstić information content (AvgIpc) is 3.13. The summed E-state index contributed by atoms with van der Waals surface area (Å²) >= 11 is 1.24. The highest BCUT2D eigenvalue weighted by molar-refractivity contribution is 7.15. The fourth-order valence-corrected chi connectivity index (χ4v) is 3.37. The van der Waals surface area contributed by atoms with Crippen LogP contribution in [0.1, 0.15) is 41.6 Å². The number of carbonyl (C=O) groups is 1. The number of unbranched alkanes of at least 4 members (excludes halogenated alkanes) is 2. The Balaban J connectivity index is 2.35. The van der Waals surface area contributed by atoms with E-state index in [1.165, 1.54) is 38.7 Å². The number of nitro groups is 1. The SMILES string of the molecule is CCCCCc1nnc(NC(=O)c2cc(OC)c(OC)c(OC)c2[N+](=O)[O-])s1. The highest BCUT2D eigenvalue weighted by atomic mass is 32.1. The number of anilines is 1. The van der Waals surface area contributed by atoms with Gasteiger partial charge in [0.25, 0.3) is 5.91 Å². The van der Waals surface area contributed by atoms with Crippen molar-refractivity contribution in [2.75, 3.05) is 26.6 Å². The summed E-state index contributed by atoms with van der Waals surface area (Å²) in [7, 11) is 3.93. The number of nitro benzene ring substituents is 1. The topological polar surface area (TPSA) is 126 Å². The smallest absolute Gasteiger partial charge is 0.327 e. The predicted molar refractivity (Wildman–Crippen MR) is 104 cm³/mol. The number of aromatic nitrogens is 2. The summed E-state index contributed by atoms with van der Waals surface area (Å²) in [6.45, 7) is 2.11. The van der Waals surface area contributed by atoms with Crippen molar-refractivity contribution in [1.29, 1.82) is 0 Å². The quantitative estimate of drug-likeness (QED) is 0.358. The minimum Gasteiger partial charge on any atom is -0.493 e. The third-order valence-electron chi connectivity index (χ3n) is 3.91. The van der Waals surface area contributed by atoms with Gasteiger partial charge in [0.05, 0.1) is 26.3 Å². The van der Waals surface area contributed by atoms with Gasteiger partial charge < -0.3 is 14.2 Å². The molecular weight excluding hydrogens is 388 g/mol. The molecule has 1 aromatic carbocycles. The monoisotopic (exact) mass is 410 g/mol. The van der Waals surface area contributed by atoms with E-state index in [0.717, 1.165) is 30.7 Å². The first-order chi connectivity index (χ1) is 13.5. The molecule has 0 spiro atoms. The van der Waals surface area contributed by atoms with Gasteiger partial charge in [-0.2, -0.15) is 0 Å². The van der Waals surface area contributed by atoms with Crippen LogP contribution in [-0.2, 0) is 6.42 Å². The summed E-state index contributed by atoms with van der Waals surface area (Å²) in [5.41, 5.74) is -0.757. The van der Waals surface area contributed by atoms with Crippen LogP contribution in [0.3, 0.4) is 0 Å². The number of hydrogen-bond donors (Lipinski definition) is 1. The number of ether oxygens (including phenoxy) is 3. The number of aryl methyl sites for hydroxylation is 1. The van der Waals surface area contributed by atoms with Gasteiger partial charge in [0.2, 0.25) is 16.6 Å². The van der Waals surface area contributed by atoms with Crippen molar-refractivity contribution in [3.05, 3.63) is 26.8 Å². The van der Waals surface area contributed by atoms with Crippen LogP contribution in [0, 0.1) is 10.1 Å². The predicted octanol–water partition coefficient (Wildman–Crippen LogP) is 3.46. The first-order valence-electron chi connectivity index (χ1n) is 8.57. The molecule has 0 saturated heterocycles. The van der Waals surface area contributed by atoms with Gasteiger partial charge in [0.15, 0.2) is 5.75 Å². The van der Waals surface area contributed by atoms with Crippen molar-refractivity contribution < 1.29 is 23.9 Å². The minimum absolute atomic E-state index is 0.0300. The zero-order chi connectivity index (χ0) is 20.7. The van der Waals surface area contributed by atoms with Crippen molar-refractivity contribution in [2.45, 2.75) is 32.6 Å². The molecule has 0 aliphatic rings. The molecule has 0 aliphatic carbocycles. The molecule has 1 heterocycles. The Morgan fingerprint density at radius 3 is 2.46 bits per heavy atom. The largest absolute Gasteiger partial charge is 0.493 e. The number of nitrogens with zero attached hydrogens (tertiary/aromatic N) is 3. The summed E-state index contributed by atoms with van der Waals surface area (Å²) in [4.78, 5) is 23.6. The van der Waals surface area contributed by atoms with Gasteiger partial charge in [0, 0.05) is 12.5 Å². The Labute approximate surface area is 166 Å². The van der Waals surface area contributed by atoms with E-state index in [1.807, 2.05) is 0 Å². The summed E-state index contributed by atoms with van der Waals surface area (Å²) in [6, 6.07) is 1.23. The molecule has 0 radical (unpaired) electrons. The highest BCUT2D eigenvalue weighted by Gasteiger charge is 2.32. The number of amides is 1. The van der Waals surface area contributed by atoms with Crippen molar-refractivity contribution in [1.82, 2.24) is 10.2 Å². The lowest BCUT2D eigenvalue weighted by Crippen LogP contribution is -2.15. The maximum absolute atomic E-state index is 12.7. The van der Waals surface area contributed by atoms with E-state index in [-0.39, 0.29) is 27.9 Å². The second kappa shape index (κ2) is 9.83. The Hall–Kier alpha value is -2.95. The lowest BCUT2D eigenvalue weighted by Gasteiger charge is -2.14. The summed E-state index contributed by atoms with van der Waals surface area (Å²) in [5.74, 6) is -0.758. The molecule has 11 heteroatoms. The van der Waals surface area contributed by atoms with E-state index in [2.05, 4.69) is 22.4 Å². The lowest BCUT2D eigenvalue weighted by atomic mass is 10.1. The molecule has 1 aromatic heterocycles. The van der Waals surface area contributed by atoms with Crippen molar-refractivity contribution in [3.63, 3.8) is 0 Å². The van der Waals surface area contributed by atoms with E-state index < -0.39 is 16.5 Å². The Morgan fingerprint density at radius 2 is 1.89 bits per heavy atom. The molecule has 10 nitrogen and oxygen atoms in total. The van der Waals surface area contributed by atoms with Gasteiger partial charge in [-0.05, 0) is 6.42 Å². The molecule has 2 aromatic rings. The molecule has 2 rings (SSSR count). The van der Waals surface area contributed by atoms with E-state index in [1.54, 1.807) is 0 Å². The Morgan fingerprint density at radius 1 is 1.18 bits per heavy atom. The van der Waals surface area contributed by atoms with Gasteiger partial charge in [0.1, 0.15) is 10.6 Å². The van der Waals surface area contributed by atoms with Gasteiger partial charge >= 0.3 is 5.69 Å². The maximum Gasteiger partial charge on any atom is 0.327 e. The third kappa shape index (κ3) is 4.66. The normalized spacial score (nSPS) is 10.4. The molecule has 0 aliphatic heterocycles. The number of methoxy groups -OCH3 is 3. The van der Waals surface area contributed by atoms with Crippen LogP contribution in [0.2, 0.25) is 0 Å². The van der Waals surface area contributed by atoms with Crippen LogP contribution in [0.15, 0.2) is 6.07 Å². The van der Waals surface area contributed by atoms with Crippen molar-refractivity contribution in [3.8, 4) is 17.2 Å². The molecule has 1 N–H and O–H groups in total. The van der Waals surface area contributed by atoms with Crippen LogP contribution in [-0.4, -0.2) is 42.4 Å². The fourth-order valence-electron chi connectivity index (χ4n) is 2.59. The maximum atomic E-state index is 12.7. The summed E-state index contributed by atoms with van der Waals surface area (Å²) in [6.07, 6.45) is 3.93. The van der Waals surface area contributed by atoms with E-state index in [9.17, 15) is 14.9 Å². The molecule has 0 atom stereocenters. The van der Waals surface area contributed by atoms with E-state index >= 15 is 0 Å². The first kappa shape index (κ1) is 21.4. The summed E-state index contributed by atoms with van der Waals surface area (Å²) < 4.78 is 15.4. The second-order valence-corrected chi connectivity index (χ2v) is 6.77. The van der Waals surface area contributed by atoms with Gasteiger partial charge in [-0.25, -0.2) is 0 Å². The lowest BCUT2D eigenvalue weighted by molar-refractivity contribution is -0.386. The van der Waals surface area contributed by atoms with Gasteiger partial charge in [-0.3, -0.25) is 20.2 Å². The average molecular weight is 410 g/mol. The molecular formula is C17H22N4O6S. The molecule has 1 amide bonds. The molecule has 0 unspecified atom stereocenters. The molecule has 0 bridgehead atoms. The Bertz CT molecular complexity index is 854. The van der Waals surface area contributed by atoms with Crippen LogP contribution >= 0.6 is 11.3 Å². The molecule has 0 fully saturated rings. The van der Waals surface area contributed by atoms with Crippen LogP contribution < -0.4 is 19.5 Å². The van der Waals surface area contributed by atoms with Crippen molar-refractivity contribution >= 4 is 28.1 Å². The number of carbonyl (C=O) groups excluding carboxylic acids is 1. The van der Waals surface area contributed by atoms with Crippen molar-refractivity contribution in [2.24, 2.45) is 0 Å². The highest BCUT2D eigenvalue weighted by Crippen LogP contribution is 2.46.